The number of aromatic nitrogens is 3. The molecule has 2 N–H and O–H groups in total. The SMILES string of the molecule is O=Cc1c(-c2nc(NCCN3CCCC3)c3ccccc3n2)[nH]c2cc(F)cc(F)c12. The van der Waals surface area contributed by atoms with E-state index in [1.54, 1.807) is 0 Å². The first-order valence-corrected chi connectivity index (χ1v) is 10.3. The molecule has 31 heavy (non-hydrogen) atoms. The van der Waals surface area contributed by atoms with Crippen molar-refractivity contribution in [3.05, 3.63) is 53.6 Å². The minimum atomic E-state index is -0.802. The fourth-order valence-corrected chi connectivity index (χ4v) is 4.23. The van der Waals surface area contributed by atoms with Crippen LogP contribution in [0, 0.1) is 11.6 Å². The van der Waals surface area contributed by atoms with Gasteiger partial charge in [0.1, 0.15) is 17.5 Å². The van der Waals surface area contributed by atoms with Crippen LogP contribution in [-0.4, -0.2) is 52.3 Å². The van der Waals surface area contributed by atoms with Crippen molar-refractivity contribution in [2.24, 2.45) is 0 Å². The summed E-state index contributed by atoms with van der Waals surface area (Å²) in [5, 5.41) is 4.28. The van der Waals surface area contributed by atoms with Gasteiger partial charge in [-0.3, -0.25) is 4.79 Å². The molecule has 0 radical (unpaired) electrons. The first-order chi connectivity index (χ1) is 15.1. The maximum absolute atomic E-state index is 14.4. The third kappa shape index (κ3) is 3.63. The monoisotopic (exact) mass is 421 g/mol. The topological polar surface area (TPSA) is 73.9 Å². The number of hydrogen-bond donors (Lipinski definition) is 2. The van der Waals surface area contributed by atoms with Gasteiger partial charge in [0.15, 0.2) is 12.1 Å². The number of nitrogens with one attached hydrogen (secondary N) is 2. The predicted molar refractivity (Wildman–Crippen MR) is 116 cm³/mol. The van der Waals surface area contributed by atoms with E-state index in [-0.39, 0.29) is 28.0 Å². The molecule has 0 unspecified atom stereocenters. The van der Waals surface area contributed by atoms with E-state index in [0.717, 1.165) is 37.2 Å². The summed E-state index contributed by atoms with van der Waals surface area (Å²) in [5.74, 6) is -0.634. The van der Waals surface area contributed by atoms with Crippen LogP contribution >= 0.6 is 0 Å². The zero-order valence-electron chi connectivity index (χ0n) is 16.8. The van der Waals surface area contributed by atoms with Gasteiger partial charge in [0, 0.05) is 29.9 Å². The number of fused-ring (bicyclic) bond motifs is 2. The quantitative estimate of drug-likeness (QED) is 0.452. The molecule has 8 heteroatoms. The highest BCUT2D eigenvalue weighted by molar-refractivity contribution is 6.04. The average molecular weight is 421 g/mol. The van der Waals surface area contributed by atoms with Crippen LogP contribution in [0.3, 0.4) is 0 Å². The minimum Gasteiger partial charge on any atom is -0.368 e. The molecule has 2 aromatic carbocycles. The Hall–Kier alpha value is -3.39. The summed E-state index contributed by atoms with van der Waals surface area (Å²) < 4.78 is 28.1. The first kappa shape index (κ1) is 19.6. The smallest absolute Gasteiger partial charge is 0.179 e. The van der Waals surface area contributed by atoms with Gasteiger partial charge in [0.25, 0.3) is 0 Å². The third-order valence-corrected chi connectivity index (χ3v) is 5.72. The molecule has 4 aromatic rings. The summed E-state index contributed by atoms with van der Waals surface area (Å²) in [4.78, 5) is 26.4. The Labute approximate surface area is 177 Å². The predicted octanol–water partition coefficient (Wildman–Crippen LogP) is 4.38. The number of para-hydroxylation sites is 1. The molecular weight excluding hydrogens is 400 g/mol. The molecule has 158 valence electrons. The molecule has 0 amide bonds. The van der Waals surface area contributed by atoms with Crippen molar-refractivity contribution in [2.75, 3.05) is 31.5 Å². The highest BCUT2D eigenvalue weighted by Crippen LogP contribution is 2.32. The molecule has 0 aliphatic carbocycles. The molecule has 0 bridgehead atoms. The Morgan fingerprint density at radius 2 is 1.94 bits per heavy atom. The van der Waals surface area contributed by atoms with Crippen LogP contribution in [0.25, 0.3) is 33.3 Å². The zero-order valence-corrected chi connectivity index (χ0v) is 16.8. The minimum absolute atomic E-state index is 0.0340. The van der Waals surface area contributed by atoms with Crippen LogP contribution in [-0.2, 0) is 0 Å². The number of halogens is 2. The van der Waals surface area contributed by atoms with Crippen molar-refractivity contribution in [3.8, 4) is 11.5 Å². The number of nitrogens with zero attached hydrogens (tertiary/aromatic N) is 3. The maximum Gasteiger partial charge on any atom is 0.179 e. The van der Waals surface area contributed by atoms with E-state index < -0.39 is 11.6 Å². The van der Waals surface area contributed by atoms with Crippen LogP contribution < -0.4 is 5.32 Å². The van der Waals surface area contributed by atoms with Gasteiger partial charge in [-0.15, -0.1) is 0 Å². The number of hydrogen-bond acceptors (Lipinski definition) is 5. The normalized spacial score (nSPS) is 14.5. The van der Waals surface area contributed by atoms with Gasteiger partial charge >= 0.3 is 0 Å². The standard InChI is InChI=1S/C23H21F2N5O/c24-14-11-17(25)20-16(13-31)21(27-19(20)12-14)23-28-18-6-2-1-5-15(18)22(29-23)26-7-10-30-8-3-4-9-30/h1-2,5-6,11-13,27H,3-4,7-10H2,(H,26,28,29). The molecule has 1 aliphatic rings. The molecular formula is C23H21F2N5O. The molecule has 5 rings (SSSR count). The number of carbonyl (C=O) groups excluding carboxylic acids is 1. The molecule has 2 aromatic heterocycles. The number of benzene rings is 2. The number of rotatable bonds is 6. The second kappa shape index (κ2) is 8.03. The van der Waals surface area contributed by atoms with Gasteiger partial charge in [0.05, 0.1) is 22.3 Å². The molecule has 0 saturated carbocycles. The maximum atomic E-state index is 14.4. The Morgan fingerprint density at radius 3 is 2.74 bits per heavy atom. The van der Waals surface area contributed by atoms with E-state index in [0.29, 0.717) is 24.2 Å². The number of likely N-dealkylation sites (tertiary alicyclic amines) is 1. The van der Waals surface area contributed by atoms with Crippen LogP contribution in [0.2, 0.25) is 0 Å². The fraction of sp³-hybridized carbons (Fsp3) is 0.261. The lowest BCUT2D eigenvalue weighted by molar-refractivity contribution is 0.112. The van der Waals surface area contributed by atoms with Crippen molar-refractivity contribution < 1.29 is 13.6 Å². The number of carbonyl (C=O) groups is 1. The average Bonchev–Trinajstić information content (AvgIpc) is 3.41. The van der Waals surface area contributed by atoms with Crippen molar-refractivity contribution in [1.29, 1.82) is 0 Å². The van der Waals surface area contributed by atoms with Gasteiger partial charge in [-0.05, 0) is 44.1 Å². The number of anilines is 1. The van der Waals surface area contributed by atoms with Gasteiger partial charge < -0.3 is 15.2 Å². The Morgan fingerprint density at radius 1 is 1.13 bits per heavy atom. The van der Waals surface area contributed by atoms with Crippen molar-refractivity contribution in [3.63, 3.8) is 0 Å². The van der Waals surface area contributed by atoms with E-state index in [1.165, 1.54) is 12.8 Å². The summed E-state index contributed by atoms with van der Waals surface area (Å²) in [5.41, 5.74) is 1.22. The fourth-order valence-electron chi connectivity index (χ4n) is 4.23. The number of H-pyrrole nitrogens is 1. The van der Waals surface area contributed by atoms with E-state index >= 15 is 0 Å². The Kier molecular flexibility index (Phi) is 5.07. The lowest BCUT2D eigenvalue weighted by Gasteiger charge is -2.16. The van der Waals surface area contributed by atoms with Crippen molar-refractivity contribution in [1.82, 2.24) is 19.9 Å². The summed E-state index contributed by atoms with van der Waals surface area (Å²) in [7, 11) is 0. The molecule has 1 saturated heterocycles. The van der Waals surface area contributed by atoms with Gasteiger partial charge in [-0.1, -0.05) is 12.1 Å². The van der Waals surface area contributed by atoms with Crippen LogP contribution in [0.4, 0.5) is 14.6 Å². The number of aromatic amines is 1. The molecule has 3 heterocycles. The highest BCUT2D eigenvalue weighted by Gasteiger charge is 2.20. The lowest BCUT2D eigenvalue weighted by atomic mass is 10.1. The zero-order chi connectivity index (χ0) is 21.4. The Bertz CT molecular complexity index is 1280. The Balaban J connectivity index is 1.58. The molecule has 6 nitrogen and oxygen atoms in total. The van der Waals surface area contributed by atoms with Crippen molar-refractivity contribution in [2.45, 2.75) is 12.8 Å². The van der Waals surface area contributed by atoms with E-state index in [4.69, 9.17) is 0 Å². The molecule has 0 spiro atoms. The van der Waals surface area contributed by atoms with E-state index in [1.807, 2.05) is 24.3 Å². The third-order valence-electron chi connectivity index (χ3n) is 5.72. The lowest BCUT2D eigenvalue weighted by Crippen LogP contribution is -2.26. The summed E-state index contributed by atoms with van der Waals surface area (Å²) >= 11 is 0. The van der Waals surface area contributed by atoms with Crippen LogP contribution in [0.15, 0.2) is 36.4 Å². The van der Waals surface area contributed by atoms with Crippen LogP contribution in [0.1, 0.15) is 23.2 Å². The van der Waals surface area contributed by atoms with Gasteiger partial charge in [-0.25, -0.2) is 18.7 Å². The van der Waals surface area contributed by atoms with Crippen LogP contribution in [0.5, 0.6) is 0 Å². The molecule has 1 aliphatic heterocycles. The largest absolute Gasteiger partial charge is 0.368 e. The second-order valence-electron chi connectivity index (χ2n) is 7.73. The van der Waals surface area contributed by atoms with Gasteiger partial charge in [-0.2, -0.15) is 0 Å². The summed E-state index contributed by atoms with van der Waals surface area (Å²) in [6.07, 6.45) is 3.01. The molecule has 0 atom stereocenters. The van der Waals surface area contributed by atoms with E-state index in [2.05, 4.69) is 25.2 Å². The van der Waals surface area contributed by atoms with Crippen molar-refractivity contribution >= 4 is 33.9 Å². The second-order valence-corrected chi connectivity index (χ2v) is 7.73. The highest BCUT2D eigenvalue weighted by atomic mass is 19.1. The van der Waals surface area contributed by atoms with Gasteiger partial charge in [0.2, 0.25) is 0 Å². The van der Waals surface area contributed by atoms with E-state index in [9.17, 15) is 13.6 Å². The first-order valence-electron chi connectivity index (χ1n) is 10.3. The molecule has 1 fully saturated rings. The number of aldehydes is 1. The summed E-state index contributed by atoms with van der Waals surface area (Å²) in [6.45, 7) is 3.84. The summed E-state index contributed by atoms with van der Waals surface area (Å²) in [6, 6.07) is 9.49.